The highest BCUT2D eigenvalue weighted by molar-refractivity contribution is 6.33. The van der Waals surface area contributed by atoms with Gasteiger partial charge in [0.2, 0.25) is 0 Å². The normalized spacial score (nSPS) is 22.8. The average molecular weight is 282 g/mol. The maximum Gasteiger partial charge on any atom is 0.292 e. The molecule has 1 aromatic rings. The van der Waals surface area contributed by atoms with E-state index in [2.05, 4.69) is 16.3 Å². The molecule has 0 spiro atoms. The summed E-state index contributed by atoms with van der Waals surface area (Å²) in [5.74, 6) is 2.36. The number of rotatable bonds is 3. The first-order chi connectivity index (χ1) is 9.13. The summed E-state index contributed by atoms with van der Waals surface area (Å²) in [5, 5.41) is 17.1. The van der Waals surface area contributed by atoms with Crippen LogP contribution in [0.4, 0.5) is 5.69 Å². The predicted octanol–water partition coefficient (Wildman–Crippen LogP) is 1.25. The number of halogens is 1. The van der Waals surface area contributed by atoms with Gasteiger partial charge in [0, 0.05) is 0 Å². The lowest BCUT2D eigenvalue weighted by Gasteiger charge is -2.29. The summed E-state index contributed by atoms with van der Waals surface area (Å²) in [4.78, 5) is 12.1. The Kier molecular flexibility index (Phi) is 4.46. The van der Waals surface area contributed by atoms with Gasteiger partial charge in [-0.25, -0.2) is 4.68 Å². The van der Waals surface area contributed by atoms with E-state index in [9.17, 15) is 9.90 Å². The van der Waals surface area contributed by atoms with Crippen LogP contribution in [0.25, 0.3) is 0 Å². The SMILES string of the molecule is C#CCn1ncc(Cl)c(NC2CCCCC2O)c1=O. The summed E-state index contributed by atoms with van der Waals surface area (Å²) >= 11 is 6.00. The van der Waals surface area contributed by atoms with Gasteiger partial charge in [-0.15, -0.1) is 6.42 Å². The molecule has 2 atom stereocenters. The van der Waals surface area contributed by atoms with E-state index in [1.807, 2.05) is 0 Å². The highest BCUT2D eigenvalue weighted by Gasteiger charge is 2.24. The van der Waals surface area contributed by atoms with Crippen molar-refractivity contribution in [2.45, 2.75) is 44.4 Å². The minimum Gasteiger partial charge on any atom is -0.391 e. The molecular weight excluding hydrogens is 266 g/mol. The molecule has 5 nitrogen and oxygen atoms in total. The van der Waals surface area contributed by atoms with Crippen molar-refractivity contribution in [3.05, 3.63) is 21.6 Å². The largest absolute Gasteiger partial charge is 0.391 e. The van der Waals surface area contributed by atoms with Crippen LogP contribution >= 0.6 is 11.6 Å². The predicted molar refractivity (Wildman–Crippen MR) is 74.2 cm³/mol. The molecule has 0 aromatic carbocycles. The van der Waals surface area contributed by atoms with E-state index < -0.39 is 6.10 Å². The topological polar surface area (TPSA) is 67.2 Å². The zero-order chi connectivity index (χ0) is 13.8. The van der Waals surface area contributed by atoms with Crippen LogP contribution in [0.1, 0.15) is 25.7 Å². The Bertz CT molecular complexity index is 550. The molecule has 2 rings (SSSR count). The molecule has 1 heterocycles. The second-order valence-corrected chi connectivity index (χ2v) is 5.04. The summed E-state index contributed by atoms with van der Waals surface area (Å²) < 4.78 is 1.17. The van der Waals surface area contributed by atoms with Gasteiger partial charge < -0.3 is 10.4 Å². The van der Waals surface area contributed by atoms with Gasteiger partial charge in [0.05, 0.1) is 23.4 Å². The summed E-state index contributed by atoms with van der Waals surface area (Å²) in [5.41, 5.74) is -0.0962. The van der Waals surface area contributed by atoms with Crippen molar-refractivity contribution in [2.75, 3.05) is 5.32 Å². The molecule has 1 aliphatic carbocycles. The Hall–Kier alpha value is -1.51. The lowest BCUT2D eigenvalue weighted by Crippen LogP contribution is -2.39. The third-order valence-electron chi connectivity index (χ3n) is 3.30. The standard InChI is InChI=1S/C13H16ClN3O2/c1-2-7-17-13(19)12(9(14)8-15-17)16-10-5-3-4-6-11(10)18/h1,8,10-11,16,18H,3-7H2. The third kappa shape index (κ3) is 3.09. The molecule has 0 amide bonds. The monoisotopic (exact) mass is 281 g/mol. The van der Waals surface area contributed by atoms with E-state index in [-0.39, 0.29) is 28.9 Å². The first kappa shape index (κ1) is 13.9. The molecule has 102 valence electrons. The Morgan fingerprint density at radius 3 is 3.00 bits per heavy atom. The van der Waals surface area contributed by atoms with Crippen LogP contribution in [0.15, 0.2) is 11.0 Å². The summed E-state index contributed by atoms with van der Waals surface area (Å²) in [6.07, 6.45) is 9.69. The van der Waals surface area contributed by atoms with Gasteiger partial charge in [-0.3, -0.25) is 4.79 Å². The first-order valence-electron chi connectivity index (χ1n) is 6.27. The molecule has 0 saturated heterocycles. The number of hydrogen-bond donors (Lipinski definition) is 2. The number of anilines is 1. The van der Waals surface area contributed by atoms with E-state index >= 15 is 0 Å². The van der Waals surface area contributed by atoms with Gasteiger partial charge in [0.1, 0.15) is 12.2 Å². The van der Waals surface area contributed by atoms with Crippen LogP contribution < -0.4 is 10.9 Å². The van der Waals surface area contributed by atoms with E-state index in [1.54, 1.807) is 0 Å². The molecule has 6 heteroatoms. The number of aliphatic hydroxyl groups excluding tert-OH is 1. The van der Waals surface area contributed by atoms with Crippen LogP contribution in [-0.4, -0.2) is 27.0 Å². The lowest BCUT2D eigenvalue weighted by molar-refractivity contribution is 0.116. The van der Waals surface area contributed by atoms with E-state index in [0.29, 0.717) is 0 Å². The van der Waals surface area contributed by atoms with Crippen molar-refractivity contribution in [3.63, 3.8) is 0 Å². The van der Waals surface area contributed by atoms with Crippen molar-refractivity contribution in [2.24, 2.45) is 0 Å². The highest BCUT2D eigenvalue weighted by Crippen LogP contribution is 2.24. The number of nitrogens with one attached hydrogen (secondary N) is 1. The van der Waals surface area contributed by atoms with Gasteiger partial charge in [-0.2, -0.15) is 5.10 Å². The van der Waals surface area contributed by atoms with Crippen LogP contribution in [-0.2, 0) is 6.54 Å². The molecule has 0 bridgehead atoms. The fourth-order valence-electron chi connectivity index (χ4n) is 2.26. The fourth-order valence-corrected chi connectivity index (χ4v) is 2.44. The van der Waals surface area contributed by atoms with Crippen molar-refractivity contribution in [1.29, 1.82) is 0 Å². The second-order valence-electron chi connectivity index (χ2n) is 4.64. The maximum absolute atomic E-state index is 12.1. The number of aromatic nitrogens is 2. The maximum atomic E-state index is 12.1. The zero-order valence-electron chi connectivity index (χ0n) is 10.5. The third-order valence-corrected chi connectivity index (χ3v) is 3.58. The van der Waals surface area contributed by atoms with Crippen molar-refractivity contribution >= 4 is 17.3 Å². The minimum absolute atomic E-state index is 0.0951. The van der Waals surface area contributed by atoms with Crippen molar-refractivity contribution < 1.29 is 5.11 Å². The Morgan fingerprint density at radius 2 is 2.32 bits per heavy atom. The van der Waals surface area contributed by atoms with E-state index in [0.717, 1.165) is 25.7 Å². The number of hydrogen-bond acceptors (Lipinski definition) is 4. The van der Waals surface area contributed by atoms with Crippen LogP contribution in [0, 0.1) is 12.3 Å². The van der Waals surface area contributed by atoms with E-state index in [4.69, 9.17) is 18.0 Å². The molecule has 2 N–H and O–H groups in total. The summed E-state index contributed by atoms with van der Waals surface area (Å²) in [7, 11) is 0. The molecule has 1 aromatic heterocycles. The Labute approximate surface area is 116 Å². The highest BCUT2D eigenvalue weighted by atomic mass is 35.5. The van der Waals surface area contributed by atoms with Crippen LogP contribution in [0.3, 0.4) is 0 Å². The Morgan fingerprint density at radius 1 is 1.58 bits per heavy atom. The number of nitrogens with zero attached hydrogens (tertiary/aromatic N) is 2. The van der Waals surface area contributed by atoms with Gasteiger partial charge >= 0.3 is 0 Å². The van der Waals surface area contributed by atoms with E-state index in [1.165, 1.54) is 10.9 Å². The first-order valence-corrected chi connectivity index (χ1v) is 6.65. The number of aliphatic hydroxyl groups is 1. The van der Waals surface area contributed by atoms with Gasteiger partial charge in [-0.1, -0.05) is 30.4 Å². The van der Waals surface area contributed by atoms with Crippen LogP contribution in [0.5, 0.6) is 0 Å². The van der Waals surface area contributed by atoms with Crippen molar-refractivity contribution in [3.8, 4) is 12.3 Å². The van der Waals surface area contributed by atoms with Gasteiger partial charge in [0.25, 0.3) is 5.56 Å². The summed E-state index contributed by atoms with van der Waals surface area (Å²) in [6.45, 7) is 0.0951. The zero-order valence-corrected chi connectivity index (χ0v) is 11.2. The molecule has 1 saturated carbocycles. The quantitative estimate of drug-likeness (QED) is 0.818. The second kappa shape index (κ2) is 6.09. The van der Waals surface area contributed by atoms with Crippen molar-refractivity contribution in [1.82, 2.24) is 9.78 Å². The number of terminal acetylenes is 1. The molecule has 2 unspecified atom stereocenters. The molecular formula is C13H16ClN3O2. The molecule has 0 aliphatic heterocycles. The molecule has 1 aliphatic rings. The van der Waals surface area contributed by atoms with Gasteiger partial charge in [0.15, 0.2) is 0 Å². The molecule has 0 radical (unpaired) electrons. The van der Waals surface area contributed by atoms with Gasteiger partial charge in [-0.05, 0) is 12.8 Å². The Balaban J connectivity index is 2.26. The lowest BCUT2D eigenvalue weighted by atomic mass is 9.92. The summed E-state index contributed by atoms with van der Waals surface area (Å²) in [6, 6.07) is -0.152. The smallest absolute Gasteiger partial charge is 0.292 e. The minimum atomic E-state index is -0.460. The van der Waals surface area contributed by atoms with Crippen LogP contribution in [0.2, 0.25) is 5.02 Å². The molecule has 19 heavy (non-hydrogen) atoms. The fraction of sp³-hybridized carbons (Fsp3) is 0.538. The average Bonchev–Trinajstić information content (AvgIpc) is 2.40. The molecule has 1 fully saturated rings.